The normalized spacial score (nSPS) is 19.0. The van der Waals surface area contributed by atoms with Gasteiger partial charge in [0.15, 0.2) is 11.5 Å². The van der Waals surface area contributed by atoms with Crippen LogP contribution in [0, 0.1) is 0 Å². The van der Waals surface area contributed by atoms with Crippen LogP contribution in [0.4, 0.5) is 11.5 Å². The number of nitrogen functional groups attached to an aromatic ring is 1. The third kappa shape index (κ3) is 2.65. The van der Waals surface area contributed by atoms with Crippen LogP contribution in [0.5, 0.6) is 0 Å². The van der Waals surface area contributed by atoms with E-state index in [1.807, 2.05) is 0 Å². The van der Waals surface area contributed by atoms with Gasteiger partial charge in [0.05, 0.1) is 25.4 Å². The average Bonchev–Trinajstić information content (AvgIpc) is 2.84. The number of nitrogens with one attached hydrogen (secondary N) is 1. The van der Waals surface area contributed by atoms with Crippen LogP contribution >= 0.6 is 0 Å². The zero-order chi connectivity index (χ0) is 12.3. The maximum atomic E-state index is 11.3. The van der Waals surface area contributed by atoms with Gasteiger partial charge in [-0.1, -0.05) is 0 Å². The minimum atomic E-state index is -0.476. The zero-order valence-electron chi connectivity index (χ0n) is 9.60. The van der Waals surface area contributed by atoms with Crippen LogP contribution in [0.15, 0.2) is 12.1 Å². The van der Waals surface area contributed by atoms with Gasteiger partial charge < -0.3 is 20.5 Å². The van der Waals surface area contributed by atoms with Gasteiger partial charge in [-0.15, -0.1) is 0 Å². The number of nitrogens with zero attached hydrogens (tertiary/aromatic N) is 1. The maximum absolute atomic E-state index is 11.3. The second-order valence-corrected chi connectivity index (χ2v) is 3.83. The Kier molecular flexibility index (Phi) is 3.43. The molecule has 0 bridgehead atoms. The molecule has 1 saturated heterocycles. The van der Waals surface area contributed by atoms with Crippen LogP contribution in [0.3, 0.4) is 0 Å². The number of hydrogen-bond acceptors (Lipinski definition) is 6. The van der Waals surface area contributed by atoms with Gasteiger partial charge in [0, 0.05) is 6.61 Å². The molecule has 0 amide bonds. The largest absolute Gasteiger partial charge is 0.464 e. The fourth-order valence-electron chi connectivity index (χ4n) is 1.65. The molecule has 1 aromatic rings. The minimum absolute atomic E-state index is 0.192. The Hall–Kier alpha value is -1.82. The second-order valence-electron chi connectivity index (χ2n) is 3.83. The van der Waals surface area contributed by atoms with Gasteiger partial charge in [-0.2, -0.15) is 0 Å². The van der Waals surface area contributed by atoms with Gasteiger partial charge in [-0.3, -0.25) is 0 Å². The molecule has 0 aromatic carbocycles. The van der Waals surface area contributed by atoms with Crippen molar-refractivity contribution in [2.45, 2.75) is 12.5 Å². The fraction of sp³-hybridized carbons (Fsp3) is 0.455. The number of nitrogens with two attached hydrogens (primary N) is 1. The third-order valence-electron chi connectivity index (χ3n) is 2.59. The fourth-order valence-corrected chi connectivity index (χ4v) is 1.65. The number of hydrogen-bond donors (Lipinski definition) is 2. The Morgan fingerprint density at radius 2 is 2.47 bits per heavy atom. The molecule has 0 aliphatic carbocycles. The number of carbonyl (C=O) groups is 1. The van der Waals surface area contributed by atoms with E-state index in [9.17, 15) is 4.79 Å². The minimum Gasteiger partial charge on any atom is -0.464 e. The molecular formula is C11H15N3O3. The Balaban J connectivity index is 2.16. The monoisotopic (exact) mass is 237 g/mol. The summed E-state index contributed by atoms with van der Waals surface area (Å²) in [5.74, 6) is 0.0270. The van der Waals surface area contributed by atoms with Crippen molar-refractivity contribution >= 4 is 17.5 Å². The highest BCUT2D eigenvalue weighted by atomic mass is 16.5. The lowest BCUT2D eigenvalue weighted by Crippen LogP contribution is -2.21. The number of anilines is 2. The first-order valence-electron chi connectivity index (χ1n) is 5.40. The van der Waals surface area contributed by atoms with E-state index in [0.717, 1.165) is 13.0 Å². The predicted molar refractivity (Wildman–Crippen MR) is 62.8 cm³/mol. The van der Waals surface area contributed by atoms with E-state index in [-0.39, 0.29) is 11.7 Å². The molecule has 6 nitrogen and oxygen atoms in total. The molecule has 1 aliphatic rings. The van der Waals surface area contributed by atoms with E-state index < -0.39 is 5.97 Å². The highest BCUT2D eigenvalue weighted by Crippen LogP contribution is 2.19. The van der Waals surface area contributed by atoms with Crippen molar-refractivity contribution in [3.63, 3.8) is 0 Å². The van der Waals surface area contributed by atoms with Crippen molar-refractivity contribution in [1.82, 2.24) is 4.98 Å². The van der Waals surface area contributed by atoms with Crippen LogP contribution in [-0.4, -0.2) is 37.3 Å². The quantitative estimate of drug-likeness (QED) is 0.751. The first-order valence-corrected chi connectivity index (χ1v) is 5.40. The SMILES string of the molecule is COC(=O)c1ccc(N)c(NC2CCOC2)n1. The summed E-state index contributed by atoms with van der Waals surface area (Å²) >= 11 is 0. The Morgan fingerprint density at radius 1 is 1.65 bits per heavy atom. The van der Waals surface area contributed by atoms with E-state index in [0.29, 0.717) is 18.1 Å². The second kappa shape index (κ2) is 5.01. The smallest absolute Gasteiger partial charge is 0.356 e. The van der Waals surface area contributed by atoms with Gasteiger partial charge in [-0.25, -0.2) is 9.78 Å². The number of carbonyl (C=O) groups excluding carboxylic acids is 1. The molecule has 6 heteroatoms. The summed E-state index contributed by atoms with van der Waals surface area (Å²) in [5.41, 5.74) is 6.53. The lowest BCUT2D eigenvalue weighted by Gasteiger charge is -2.13. The van der Waals surface area contributed by atoms with Crippen LogP contribution in [0.2, 0.25) is 0 Å². The Labute approximate surface area is 99.1 Å². The van der Waals surface area contributed by atoms with Crippen LogP contribution in [0.1, 0.15) is 16.9 Å². The molecule has 1 aromatic heterocycles. The van der Waals surface area contributed by atoms with Crippen molar-refractivity contribution < 1.29 is 14.3 Å². The van der Waals surface area contributed by atoms with Gasteiger partial charge in [-0.05, 0) is 18.6 Å². The molecule has 1 aliphatic heterocycles. The lowest BCUT2D eigenvalue weighted by atomic mass is 10.2. The summed E-state index contributed by atoms with van der Waals surface area (Å²) in [6.45, 7) is 1.36. The molecule has 0 saturated carbocycles. The summed E-state index contributed by atoms with van der Waals surface area (Å²) in [5, 5.41) is 3.16. The molecule has 92 valence electrons. The standard InChI is InChI=1S/C11H15N3O3/c1-16-11(15)9-3-2-8(12)10(14-9)13-7-4-5-17-6-7/h2-3,7H,4-6,12H2,1H3,(H,13,14). The van der Waals surface area contributed by atoms with Crippen LogP contribution < -0.4 is 11.1 Å². The Bertz CT molecular complexity index is 416. The van der Waals surface area contributed by atoms with Crippen molar-refractivity contribution in [2.24, 2.45) is 0 Å². The van der Waals surface area contributed by atoms with Gasteiger partial charge in [0.2, 0.25) is 0 Å². The van der Waals surface area contributed by atoms with Crippen molar-refractivity contribution in [3.8, 4) is 0 Å². The van der Waals surface area contributed by atoms with Gasteiger partial charge in [0.1, 0.15) is 0 Å². The lowest BCUT2D eigenvalue weighted by molar-refractivity contribution is 0.0594. The molecule has 3 N–H and O–H groups in total. The molecule has 1 fully saturated rings. The van der Waals surface area contributed by atoms with E-state index >= 15 is 0 Å². The first-order chi connectivity index (χ1) is 8.20. The van der Waals surface area contributed by atoms with E-state index in [4.69, 9.17) is 10.5 Å². The molecule has 2 rings (SSSR count). The summed E-state index contributed by atoms with van der Waals surface area (Å²) in [6.07, 6.45) is 0.906. The molecule has 0 radical (unpaired) electrons. The van der Waals surface area contributed by atoms with Crippen molar-refractivity contribution in [1.29, 1.82) is 0 Å². The number of pyridine rings is 1. The Morgan fingerprint density at radius 3 is 3.12 bits per heavy atom. The van der Waals surface area contributed by atoms with Crippen LogP contribution in [-0.2, 0) is 9.47 Å². The molecule has 2 heterocycles. The van der Waals surface area contributed by atoms with Gasteiger partial charge >= 0.3 is 5.97 Å². The number of aromatic nitrogens is 1. The summed E-state index contributed by atoms with van der Waals surface area (Å²) in [7, 11) is 1.32. The summed E-state index contributed by atoms with van der Waals surface area (Å²) in [4.78, 5) is 15.5. The summed E-state index contributed by atoms with van der Waals surface area (Å²) in [6, 6.07) is 3.37. The number of ether oxygens (including phenoxy) is 2. The van der Waals surface area contributed by atoms with Gasteiger partial charge in [0.25, 0.3) is 0 Å². The third-order valence-corrected chi connectivity index (χ3v) is 2.59. The van der Waals surface area contributed by atoms with Crippen molar-refractivity contribution in [2.75, 3.05) is 31.4 Å². The highest BCUT2D eigenvalue weighted by molar-refractivity contribution is 5.88. The van der Waals surface area contributed by atoms with E-state index in [1.54, 1.807) is 6.07 Å². The van der Waals surface area contributed by atoms with Crippen molar-refractivity contribution in [3.05, 3.63) is 17.8 Å². The molecular weight excluding hydrogens is 222 g/mol. The summed E-state index contributed by atoms with van der Waals surface area (Å²) < 4.78 is 9.85. The number of methoxy groups -OCH3 is 1. The maximum Gasteiger partial charge on any atom is 0.356 e. The number of rotatable bonds is 3. The zero-order valence-corrected chi connectivity index (χ0v) is 9.60. The predicted octanol–water partition coefficient (Wildman–Crippen LogP) is 0.651. The molecule has 1 atom stereocenters. The molecule has 0 spiro atoms. The van der Waals surface area contributed by atoms with E-state index in [1.165, 1.54) is 13.2 Å². The number of esters is 1. The van der Waals surface area contributed by atoms with Crippen LogP contribution in [0.25, 0.3) is 0 Å². The first kappa shape index (κ1) is 11.7. The average molecular weight is 237 g/mol. The molecule has 17 heavy (non-hydrogen) atoms. The van der Waals surface area contributed by atoms with E-state index in [2.05, 4.69) is 15.0 Å². The topological polar surface area (TPSA) is 86.5 Å². The molecule has 1 unspecified atom stereocenters. The highest BCUT2D eigenvalue weighted by Gasteiger charge is 2.18.